The molecule has 77 heavy (non-hydrogen) atoms. The quantitative estimate of drug-likeness (QED) is 0.168. The zero-order valence-electron chi connectivity index (χ0n) is 47.0. The van der Waals surface area contributed by atoms with E-state index in [9.17, 15) is 27.6 Å². The zero-order valence-corrected chi connectivity index (χ0v) is 48.5. The van der Waals surface area contributed by atoms with Crippen molar-refractivity contribution in [2.75, 3.05) is 39.3 Å². The van der Waals surface area contributed by atoms with Crippen LogP contribution in [-0.4, -0.2) is 122 Å². The lowest BCUT2D eigenvalue weighted by Gasteiger charge is -2.39. The molecular weight excluding hydrogens is 1010 g/mol. The van der Waals surface area contributed by atoms with Gasteiger partial charge in [-0.15, -0.1) is 0 Å². The maximum Gasteiger partial charge on any atom is 0.452 e. The standard InChI is InChI=1S/2C21H31NO2.C13H25N.C3HCl2F3O.B6/c2*1-21(12-6-3-7-13-21)16-18-10-14-22(15-11-18)20(23)24-17-19-8-4-2-5-9-19;1-13(7-3-2-4-8-13)11-12-5-9-14-10-6-12;4-2(5)1(9)3(6,7)8;1-5(2)6(3)4/h2*2,4-5,8-9,18H,3,6-7,10-17H2,1H3;12,14H,2-11H2,1H3;2H;. The van der Waals surface area contributed by atoms with E-state index in [2.05, 4.69) is 49.3 Å². The van der Waals surface area contributed by atoms with Crippen molar-refractivity contribution in [1.82, 2.24) is 15.1 Å². The molecule has 0 spiro atoms. The van der Waals surface area contributed by atoms with Crippen LogP contribution in [0.5, 0.6) is 0 Å². The number of hydrogen-bond acceptors (Lipinski definition) is 6. The van der Waals surface area contributed by atoms with Gasteiger partial charge in [-0.25, -0.2) is 9.59 Å². The van der Waals surface area contributed by atoms with Gasteiger partial charge in [-0.2, -0.15) is 13.2 Å². The number of amides is 2. The van der Waals surface area contributed by atoms with Crippen LogP contribution in [0.2, 0.25) is 0 Å². The van der Waals surface area contributed by atoms with Gasteiger partial charge in [0.25, 0.3) is 5.78 Å². The summed E-state index contributed by atoms with van der Waals surface area (Å²) in [5.74, 6) is 0.461. The summed E-state index contributed by atoms with van der Waals surface area (Å²) in [6.07, 6.45) is 26.7. The third-order valence-electron chi connectivity index (χ3n) is 17.1. The fourth-order valence-corrected chi connectivity index (χ4v) is 12.6. The molecule has 3 saturated heterocycles. The lowest BCUT2D eigenvalue weighted by molar-refractivity contribution is -0.169. The Morgan fingerprint density at radius 1 is 0.558 bits per heavy atom. The Balaban J connectivity index is 0.000000225. The van der Waals surface area contributed by atoms with Gasteiger partial charge in [0.1, 0.15) is 13.2 Å². The minimum Gasteiger partial charge on any atom is -0.445 e. The number of hydrogen-bond donors (Lipinski definition) is 1. The molecule has 418 valence electrons. The van der Waals surface area contributed by atoms with Gasteiger partial charge in [0.15, 0.2) is 4.84 Å². The second kappa shape index (κ2) is 34.6. The van der Waals surface area contributed by atoms with E-state index in [1.54, 1.807) is 0 Å². The van der Waals surface area contributed by atoms with Crippen LogP contribution in [0, 0.1) is 34.0 Å². The molecule has 1 N–H and O–H groups in total. The summed E-state index contributed by atoms with van der Waals surface area (Å²) in [4.78, 5) is 36.0. The topological polar surface area (TPSA) is 88.2 Å². The van der Waals surface area contributed by atoms with Crippen LogP contribution in [0.15, 0.2) is 60.7 Å². The van der Waals surface area contributed by atoms with E-state index >= 15 is 0 Å². The number of piperidine rings is 3. The van der Waals surface area contributed by atoms with E-state index in [0.717, 1.165) is 80.7 Å². The minimum atomic E-state index is -4.92. The van der Waals surface area contributed by atoms with Crippen LogP contribution in [0.1, 0.15) is 186 Å². The van der Waals surface area contributed by atoms with E-state index in [1.165, 1.54) is 142 Å². The van der Waals surface area contributed by atoms with Gasteiger partial charge in [-0.3, -0.25) is 4.79 Å². The summed E-state index contributed by atoms with van der Waals surface area (Å²) in [6.45, 7) is 14.2. The fourth-order valence-electron chi connectivity index (χ4n) is 12.4. The number of likely N-dealkylation sites (tertiary alicyclic amines) is 2. The van der Waals surface area contributed by atoms with E-state index in [-0.39, 0.29) is 12.2 Å². The molecule has 0 atom stereocenters. The van der Waals surface area contributed by atoms with Crippen molar-refractivity contribution in [3.05, 3.63) is 71.8 Å². The molecule has 19 heteroatoms. The van der Waals surface area contributed by atoms with Crippen molar-refractivity contribution in [3.63, 3.8) is 0 Å². The Kier molecular flexibility index (Phi) is 30.1. The highest BCUT2D eigenvalue weighted by molar-refractivity contribution is 7.76. The van der Waals surface area contributed by atoms with Gasteiger partial charge < -0.3 is 24.6 Å². The number of Topliss-reactive ketones (excluding diaryl/α,β-unsaturated/α-hetero) is 1. The molecule has 2 aromatic carbocycles. The lowest BCUT2D eigenvalue weighted by Crippen LogP contribution is -2.40. The second-order valence-electron chi connectivity index (χ2n) is 24.2. The first-order chi connectivity index (χ1) is 36.6. The zero-order chi connectivity index (χ0) is 56.3. The molecule has 3 aliphatic heterocycles. The van der Waals surface area contributed by atoms with Gasteiger partial charge in [0.05, 0.1) is 0 Å². The van der Waals surface area contributed by atoms with Gasteiger partial charge >= 0.3 is 18.4 Å². The highest BCUT2D eigenvalue weighted by atomic mass is 35.5. The normalized spacial score (nSPS) is 20.6. The van der Waals surface area contributed by atoms with E-state index in [1.807, 2.05) is 70.5 Å². The minimum absolute atomic E-state index is 0.152. The number of rotatable bonds is 12. The smallest absolute Gasteiger partial charge is 0.445 e. The predicted octanol–water partition coefficient (Wildman–Crippen LogP) is 13.8. The molecule has 0 bridgehead atoms. The molecule has 3 aliphatic carbocycles. The van der Waals surface area contributed by atoms with Crippen molar-refractivity contribution in [2.45, 2.75) is 199 Å². The summed E-state index contributed by atoms with van der Waals surface area (Å²) in [5, 5.41) is 3.46. The van der Waals surface area contributed by atoms with Crippen molar-refractivity contribution >= 4 is 84.9 Å². The molecule has 0 aromatic heterocycles. The maximum absolute atomic E-state index is 12.2. The monoisotopic (exact) mass is 1100 g/mol. The molecule has 8 radical (unpaired) electrons. The van der Waals surface area contributed by atoms with Crippen molar-refractivity contribution in [2.24, 2.45) is 34.0 Å². The van der Waals surface area contributed by atoms with Crippen molar-refractivity contribution < 1.29 is 37.0 Å². The fraction of sp³-hybridized carbons (Fsp3) is 0.741. The molecule has 8 nitrogen and oxygen atoms in total. The molecule has 2 amide bonds. The van der Waals surface area contributed by atoms with Crippen LogP contribution in [0.25, 0.3) is 0 Å². The Bertz CT molecular complexity index is 1840. The third-order valence-corrected chi connectivity index (χ3v) is 17.5. The number of halogens is 5. The maximum atomic E-state index is 12.2. The highest BCUT2D eigenvalue weighted by Gasteiger charge is 2.42. The molecule has 3 heterocycles. The van der Waals surface area contributed by atoms with Gasteiger partial charge in [-0.1, -0.05) is 162 Å². The van der Waals surface area contributed by atoms with Crippen LogP contribution in [-0.2, 0) is 27.5 Å². The molecular formula is C58H88B6Cl2F3N3O5. The number of carbonyl (C=O) groups excluding carboxylic acids is 3. The summed E-state index contributed by atoms with van der Waals surface area (Å²) in [6, 6.07) is 19.8. The van der Waals surface area contributed by atoms with Crippen LogP contribution in [0.4, 0.5) is 22.8 Å². The first-order valence-electron chi connectivity index (χ1n) is 29.1. The van der Waals surface area contributed by atoms with E-state index in [4.69, 9.17) is 40.4 Å². The summed E-state index contributed by atoms with van der Waals surface area (Å²) >= 11 is 9.22. The number of ketones is 1. The second-order valence-corrected chi connectivity index (χ2v) is 25.3. The number of carbonyl (C=O) groups is 3. The first-order valence-corrected chi connectivity index (χ1v) is 30.0. The average Bonchev–Trinajstić information content (AvgIpc) is 3.41. The molecule has 6 aliphatic rings. The molecule has 8 rings (SSSR count). The number of nitrogens with zero attached hydrogens (tertiary/aromatic N) is 2. The van der Waals surface area contributed by atoms with E-state index in [0.29, 0.717) is 29.5 Å². The van der Waals surface area contributed by atoms with Gasteiger partial charge in [0.2, 0.25) is 0 Å². The van der Waals surface area contributed by atoms with Crippen molar-refractivity contribution in [1.29, 1.82) is 0 Å². The highest BCUT2D eigenvalue weighted by Crippen LogP contribution is 2.45. The van der Waals surface area contributed by atoms with Crippen LogP contribution in [0.3, 0.4) is 0 Å². The largest absolute Gasteiger partial charge is 0.452 e. The summed E-state index contributed by atoms with van der Waals surface area (Å²) in [5.41, 5.74) is 3.91. The number of nitrogens with one attached hydrogen (secondary N) is 1. The summed E-state index contributed by atoms with van der Waals surface area (Å²) < 4.78 is 44.5. The Morgan fingerprint density at radius 3 is 1.12 bits per heavy atom. The summed E-state index contributed by atoms with van der Waals surface area (Å²) in [7, 11) is 19.9. The number of ether oxygens (including phenoxy) is 2. The molecule has 0 unspecified atom stereocenters. The first kappa shape index (κ1) is 66.9. The molecule has 3 saturated carbocycles. The Labute approximate surface area is 478 Å². The Morgan fingerprint density at radius 2 is 0.857 bits per heavy atom. The number of alkyl halides is 5. The van der Waals surface area contributed by atoms with Gasteiger partial charge in [-0.05, 0) is 155 Å². The molecule has 6 fully saturated rings. The predicted molar refractivity (Wildman–Crippen MR) is 316 cm³/mol. The van der Waals surface area contributed by atoms with Crippen LogP contribution >= 0.6 is 23.2 Å². The van der Waals surface area contributed by atoms with Crippen molar-refractivity contribution in [3.8, 4) is 0 Å². The lowest BCUT2D eigenvalue weighted by atomic mass is 8.81. The molecule has 2 aromatic rings. The van der Waals surface area contributed by atoms with Crippen LogP contribution < -0.4 is 5.32 Å². The van der Waals surface area contributed by atoms with E-state index < -0.39 is 29.6 Å². The number of benzene rings is 2. The average molecular weight is 1100 g/mol. The SMILES string of the molecule is CC1(CC2CCN(C(=O)OCc3ccccc3)CC2)CCCCC1.CC1(CC2CCN(C(=O)OCc3ccccc3)CC2)CCCCC1.CC1(CC2CCNCC2)CCCCC1.O=C(C(Cl)Cl)C(F)(F)F.[B]B([B])B([B])[B]. The van der Waals surface area contributed by atoms with Gasteiger partial charge in [0, 0.05) is 69.9 Å². The Hall–Kier alpha value is -2.63. The third kappa shape index (κ3) is 26.7.